The van der Waals surface area contributed by atoms with E-state index in [1.807, 2.05) is 31.2 Å². The molecule has 3 aromatic rings. The Morgan fingerprint density at radius 2 is 1.91 bits per heavy atom. The van der Waals surface area contributed by atoms with E-state index in [1.165, 1.54) is 17.8 Å². The number of likely N-dealkylation sites (N-methyl/N-ethyl adjacent to an activating group) is 1. The number of hydrogen-bond donors (Lipinski definition) is 0. The van der Waals surface area contributed by atoms with E-state index < -0.39 is 0 Å². The van der Waals surface area contributed by atoms with E-state index in [2.05, 4.69) is 20.9 Å². The number of halogens is 3. The van der Waals surface area contributed by atoms with Crippen molar-refractivity contribution in [2.45, 2.75) is 13.5 Å². The van der Waals surface area contributed by atoms with Crippen molar-refractivity contribution in [2.75, 3.05) is 13.7 Å². The van der Waals surface area contributed by atoms with Gasteiger partial charge in [0.1, 0.15) is 18.2 Å². The molecule has 35 heavy (non-hydrogen) atoms. The van der Waals surface area contributed by atoms with Crippen molar-refractivity contribution in [1.29, 1.82) is 0 Å². The zero-order valence-corrected chi connectivity index (χ0v) is 22.1. The number of thioether (sulfide) groups is 1. The van der Waals surface area contributed by atoms with Crippen molar-refractivity contribution < 1.29 is 18.7 Å². The average molecular weight is 576 g/mol. The topological polar surface area (TPSA) is 51.1 Å². The van der Waals surface area contributed by atoms with Gasteiger partial charge >= 0.3 is 0 Å². The molecular formula is C26H21BrClFN2O3S. The molecule has 0 saturated carbocycles. The van der Waals surface area contributed by atoms with Crippen LogP contribution in [0.4, 0.5) is 10.1 Å². The van der Waals surface area contributed by atoms with Gasteiger partial charge < -0.3 is 9.47 Å². The Kier molecular flexibility index (Phi) is 8.15. The van der Waals surface area contributed by atoms with Crippen LogP contribution in [0.15, 0.2) is 75.0 Å². The molecule has 1 saturated heterocycles. The standard InChI is InChI=1S/C26H21BrClFN2O3S/c1-3-31-25(32)23(35-26(31)30-18-8-10-19(33-2)11-9-18)14-16-12-20(27)24(21(28)13-16)34-15-17-6-4-5-7-22(17)29/h4-14H,3,15H2,1-2H3/b23-14+,30-26?. The molecule has 1 fully saturated rings. The Bertz CT molecular complexity index is 1290. The third-order valence-electron chi connectivity index (χ3n) is 5.15. The second-order valence-corrected chi connectivity index (χ2v) is 9.72. The van der Waals surface area contributed by atoms with Crippen molar-refractivity contribution in [3.63, 3.8) is 0 Å². The van der Waals surface area contributed by atoms with Crippen molar-refractivity contribution in [3.8, 4) is 11.5 Å². The van der Waals surface area contributed by atoms with E-state index in [0.29, 0.717) is 37.4 Å². The second kappa shape index (κ2) is 11.3. The minimum atomic E-state index is -0.342. The van der Waals surface area contributed by atoms with Crippen LogP contribution in [0.5, 0.6) is 11.5 Å². The average Bonchev–Trinajstić information content (AvgIpc) is 3.13. The minimum absolute atomic E-state index is 0.0381. The first-order chi connectivity index (χ1) is 16.9. The summed E-state index contributed by atoms with van der Waals surface area (Å²) in [5.41, 5.74) is 1.87. The van der Waals surface area contributed by atoms with Crippen LogP contribution in [0.1, 0.15) is 18.1 Å². The van der Waals surface area contributed by atoms with Gasteiger partial charge in [-0.15, -0.1) is 0 Å². The number of carbonyl (C=O) groups is 1. The first-order valence-electron chi connectivity index (χ1n) is 10.7. The monoisotopic (exact) mass is 574 g/mol. The van der Waals surface area contributed by atoms with Crippen LogP contribution in [0.25, 0.3) is 6.08 Å². The number of rotatable bonds is 7. The zero-order valence-electron chi connectivity index (χ0n) is 18.9. The van der Waals surface area contributed by atoms with Crippen LogP contribution in [-0.4, -0.2) is 29.6 Å². The zero-order chi connectivity index (χ0) is 24.9. The van der Waals surface area contributed by atoms with E-state index in [1.54, 1.807) is 48.4 Å². The second-order valence-electron chi connectivity index (χ2n) is 7.45. The Morgan fingerprint density at radius 1 is 1.17 bits per heavy atom. The number of carbonyl (C=O) groups excluding carboxylic acids is 1. The summed E-state index contributed by atoms with van der Waals surface area (Å²) in [6.07, 6.45) is 1.77. The van der Waals surface area contributed by atoms with Crippen molar-refractivity contribution in [2.24, 2.45) is 4.99 Å². The number of aliphatic imine (C=N–C) groups is 1. The third-order valence-corrected chi connectivity index (χ3v) is 7.03. The molecule has 9 heteroatoms. The van der Waals surface area contributed by atoms with Crippen LogP contribution in [0, 0.1) is 5.82 Å². The largest absolute Gasteiger partial charge is 0.497 e. The van der Waals surface area contributed by atoms with Gasteiger partial charge in [-0.25, -0.2) is 9.38 Å². The van der Waals surface area contributed by atoms with Crippen molar-refractivity contribution in [1.82, 2.24) is 4.90 Å². The van der Waals surface area contributed by atoms with Crippen LogP contribution in [-0.2, 0) is 11.4 Å². The molecule has 1 aliphatic heterocycles. The highest BCUT2D eigenvalue weighted by atomic mass is 79.9. The van der Waals surface area contributed by atoms with Crippen molar-refractivity contribution in [3.05, 3.63) is 92.0 Å². The first-order valence-corrected chi connectivity index (χ1v) is 12.7. The molecule has 1 heterocycles. The maximum atomic E-state index is 13.9. The highest BCUT2D eigenvalue weighted by Gasteiger charge is 2.32. The lowest BCUT2D eigenvalue weighted by Gasteiger charge is -2.12. The quantitative estimate of drug-likeness (QED) is 0.275. The number of benzene rings is 3. The van der Waals surface area contributed by atoms with Gasteiger partial charge in [0.2, 0.25) is 0 Å². The van der Waals surface area contributed by atoms with Gasteiger partial charge in [0, 0.05) is 12.1 Å². The molecule has 180 valence electrons. The van der Waals surface area contributed by atoms with E-state index in [9.17, 15) is 9.18 Å². The molecule has 0 bridgehead atoms. The van der Waals surface area contributed by atoms with Gasteiger partial charge in [0.15, 0.2) is 10.9 Å². The summed E-state index contributed by atoms with van der Waals surface area (Å²) in [6.45, 7) is 2.43. The van der Waals surface area contributed by atoms with Gasteiger partial charge in [0.05, 0.1) is 27.2 Å². The smallest absolute Gasteiger partial charge is 0.266 e. The number of amides is 1. The highest BCUT2D eigenvalue weighted by Crippen LogP contribution is 2.38. The van der Waals surface area contributed by atoms with Crippen LogP contribution < -0.4 is 9.47 Å². The number of hydrogen-bond acceptors (Lipinski definition) is 5. The molecule has 0 aliphatic carbocycles. The molecule has 5 nitrogen and oxygen atoms in total. The van der Waals surface area contributed by atoms with E-state index in [4.69, 9.17) is 21.1 Å². The molecule has 1 aliphatic rings. The molecule has 4 rings (SSSR count). The summed E-state index contributed by atoms with van der Waals surface area (Å²) in [6, 6.07) is 17.2. The fourth-order valence-corrected chi connectivity index (χ4v) is 5.41. The van der Waals surface area contributed by atoms with E-state index in [0.717, 1.165) is 17.0 Å². The predicted octanol–water partition coefficient (Wildman–Crippen LogP) is 7.45. The van der Waals surface area contributed by atoms with E-state index >= 15 is 0 Å². The number of amidine groups is 1. The maximum Gasteiger partial charge on any atom is 0.266 e. The molecule has 3 aromatic carbocycles. The van der Waals surface area contributed by atoms with E-state index in [-0.39, 0.29) is 18.3 Å². The lowest BCUT2D eigenvalue weighted by Crippen LogP contribution is -2.28. The van der Waals surface area contributed by atoms with Gasteiger partial charge in [-0.2, -0.15) is 0 Å². The number of ether oxygens (including phenoxy) is 2. The molecule has 1 amide bonds. The summed E-state index contributed by atoms with van der Waals surface area (Å²) in [5.74, 6) is 0.669. The van der Waals surface area contributed by atoms with Crippen LogP contribution >= 0.6 is 39.3 Å². The third kappa shape index (κ3) is 5.89. The Balaban J connectivity index is 1.55. The molecule has 0 unspecified atom stereocenters. The molecular weight excluding hydrogens is 555 g/mol. The Labute approximate surface area is 220 Å². The lowest BCUT2D eigenvalue weighted by atomic mass is 10.2. The number of nitrogens with zero attached hydrogens (tertiary/aromatic N) is 2. The maximum absolute atomic E-state index is 13.9. The molecule has 0 atom stereocenters. The molecule has 0 radical (unpaired) electrons. The van der Waals surface area contributed by atoms with Crippen molar-refractivity contribution >= 4 is 62.1 Å². The van der Waals surface area contributed by atoms with Crippen LogP contribution in [0.3, 0.4) is 0 Å². The summed E-state index contributed by atoms with van der Waals surface area (Å²) in [5, 5.41) is 0.946. The SMILES string of the molecule is CCN1C(=O)/C(=C\c2cc(Cl)c(OCc3ccccc3F)c(Br)c2)SC1=Nc1ccc(OC)cc1. The molecule has 0 aromatic heterocycles. The van der Waals surface area contributed by atoms with Gasteiger partial charge in [-0.1, -0.05) is 29.8 Å². The summed E-state index contributed by atoms with van der Waals surface area (Å²) >= 11 is 11.2. The number of methoxy groups -OCH3 is 1. The normalized spacial score (nSPS) is 15.8. The molecule has 0 N–H and O–H groups in total. The lowest BCUT2D eigenvalue weighted by molar-refractivity contribution is -0.122. The fraction of sp³-hybridized carbons (Fsp3) is 0.154. The summed E-state index contributed by atoms with van der Waals surface area (Å²) in [7, 11) is 1.61. The summed E-state index contributed by atoms with van der Waals surface area (Å²) in [4.78, 5) is 19.8. The van der Waals surface area contributed by atoms with Crippen LogP contribution in [0.2, 0.25) is 5.02 Å². The first kappa shape index (κ1) is 25.3. The predicted molar refractivity (Wildman–Crippen MR) is 143 cm³/mol. The van der Waals surface area contributed by atoms with Gasteiger partial charge in [0.25, 0.3) is 5.91 Å². The highest BCUT2D eigenvalue weighted by molar-refractivity contribution is 9.10. The minimum Gasteiger partial charge on any atom is -0.497 e. The Hall–Kier alpha value is -2.81. The fourth-order valence-electron chi connectivity index (χ4n) is 3.35. The summed E-state index contributed by atoms with van der Waals surface area (Å²) < 4.78 is 25.5. The van der Waals surface area contributed by atoms with Gasteiger partial charge in [-0.3, -0.25) is 9.69 Å². The van der Waals surface area contributed by atoms with Gasteiger partial charge in [-0.05, 0) is 88.7 Å². The Morgan fingerprint density at radius 3 is 2.57 bits per heavy atom. The molecule has 0 spiro atoms.